The molecule has 0 aliphatic carbocycles. The monoisotopic (exact) mass is 375 g/mol. The summed E-state index contributed by atoms with van der Waals surface area (Å²) in [5, 5.41) is 0. The zero-order chi connectivity index (χ0) is 16.7. The van der Waals surface area contributed by atoms with Gasteiger partial charge < -0.3 is 4.74 Å². The van der Waals surface area contributed by atoms with E-state index in [9.17, 15) is 18.0 Å². The molecular formula is C15H13BrF3NO2. The minimum atomic E-state index is -1.30. The fraction of sp³-hybridized carbons (Fsp3) is 0.267. The molecule has 0 aliphatic heterocycles. The zero-order valence-corrected chi connectivity index (χ0v) is 13.7. The lowest BCUT2D eigenvalue weighted by molar-refractivity contribution is 0.0540. The summed E-state index contributed by atoms with van der Waals surface area (Å²) >= 11 is 3.17. The number of benzene rings is 1. The molecule has 0 amide bonds. The van der Waals surface area contributed by atoms with Gasteiger partial charge in [-0.1, -0.05) is 0 Å². The van der Waals surface area contributed by atoms with Gasteiger partial charge in [0.25, 0.3) is 0 Å². The van der Waals surface area contributed by atoms with Gasteiger partial charge in [0.1, 0.15) is 11.4 Å². The molecule has 118 valence electrons. The molecule has 0 unspecified atom stereocenters. The van der Waals surface area contributed by atoms with Crippen molar-refractivity contribution in [2.75, 3.05) is 0 Å². The largest absolute Gasteiger partial charge is 0.443 e. The molecule has 0 spiro atoms. The molecule has 2 rings (SSSR count). The fourth-order valence-electron chi connectivity index (χ4n) is 1.82. The second kappa shape index (κ2) is 5.79. The molecule has 1 aromatic carbocycles. The summed E-state index contributed by atoms with van der Waals surface area (Å²) in [5.41, 5.74) is -0.939. The number of aromatic nitrogens is 1. The van der Waals surface area contributed by atoms with E-state index in [2.05, 4.69) is 15.9 Å². The highest BCUT2D eigenvalue weighted by molar-refractivity contribution is 9.10. The number of carbonyl (C=O) groups excluding carboxylic acids is 1. The second-order valence-electron chi connectivity index (χ2n) is 5.64. The van der Waals surface area contributed by atoms with Crippen LogP contribution in [0.25, 0.3) is 11.3 Å². The summed E-state index contributed by atoms with van der Waals surface area (Å²) in [4.78, 5) is 12.2. The Bertz CT molecular complexity index is 735. The Morgan fingerprint density at radius 1 is 1.09 bits per heavy atom. The summed E-state index contributed by atoms with van der Waals surface area (Å²) in [6, 6.07) is 2.55. The molecule has 0 saturated heterocycles. The maximum atomic E-state index is 13.9. The molecule has 22 heavy (non-hydrogen) atoms. The predicted molar refractivity (Wildman–Crippen MR) is 79.1 cm³/mol. The first-order chi connectivity index (χ1) is 10.1. The Balaban J connectivity index is 2.54. The number of rotatable bonds is 1. The van der Waals surface area contributed by atoms with E-state index in [0.717, 1.165) is 4.57 Å². The molecule has 0 N–H and O–H groups in total. The molecule has 1 aromatic heterocycles. The Morgan fingerprint density at radius 3 is 2.27 bits per heavy atom. The Hall–Kier alpha value is -1.76. The lowest BCUT2D eigenvalue weighted by Gasteiger charge is -2.20. The van der Waals surface area contributed by atoms with Crippen molar-refractivity contribution in [1.29, 1.82) is 0 Å². The first-order valence-electron chi connectivity index (χ1n) is 6.34. The highest BCUT2D eigenvalue weighted by atomic mass is 79.9. The SMILES string of the molecule is CC(C)(C)OC(=O)n1cc(Br)cc1-c1cc(F)c(F)cc1F. The third-order valence-electron chi connectivity index (χ3n) is 2.66. The van der Waals surface area contributed by atoms with Crippen molar-refractivity contribution in [3.8, 4) is 11.3 Å². The van der Waals surface area contributed by atoms with Crippen LogP contribution in [-0.2, 0) is 4.74 Å². The maximum absolute atomic E-state index is 13.9. The third-order valence-corrected chi connectivity index (χ3v) is 3.10. The maximum Gasteiger partial charge on any atom is 0.419 e. The minimum Gasteiger partial charge on any atom is -0.443 e. The molecule has 0 atom stereocenters. The molecule has 0 aliphatic rings. The number of hydrogen-bond acceptors (Lipinski definition) is 2. The average Bonchev–Trinajstić information content (AvgIpc) is 2.74. The van der Waals surface area contributed by atoms with E-state index in [1.54, 1.807) is 20.8 Å². The van der Waals surface area contributed by atoms with Crippen LogP contribution in [0.3, 0.4) is 0 Å². The summed E-state index contributed by atoms with van der Waals surface area (Å²) in [6.45, 7) is 5.05. The van der Waals surface area contributed by atoms with Crippen LogP contribution in [0, 0.1) is 17.5 Å². The van der Waals surface area contributed by atoms with Gasteiger partial charge in [0.15, 0.2) is 11.6 Å². The second-order valence-corrected chi connectivity index (χ2v) is 6.56. The van der Waals surface area contributed by atoms with E-state index in [1.165, 1.54) is 12.3 Å². The quantitative estimate of drug-likeness (QED) is 0.647. The van der Waals surface area contributed by atoms with Crippen LogP contribution in [-0.4, -0.2) is 16.3 Å². The molecular weight excluding hydrogens is 363 g/mol. The van der Waals surface area contributed by atoms with E-state index in [-0.39, 0.29) is 11.3 Å². The lowest BCUT2D eigenvalue weighted by atomic mass is 10.1. The molecule has 7 heteroatoms. The van der Waals surface area contributed by atoms with Crippen molar-refractivity contribution in [1.82, 2.24) is 4.57 Å². The Kier molecular flexibility index (Phi) is 4.37. The highest BCUT2D eigenvalue weighted by Crippen LogP contribution is 2.30. The van der Waals surface area contributed by atoms with Crippen molar-refractivity contribution in [2.24, 2.45) is 0 Å². The van der Waals surface area contributed by atoms with Gasteiger partial charge in [0.2, 0.25) is 0 Å². The number of hydrogen-bond donors (Lipinski definition) is 0. The van der Waals surface area contributed by atoms with E-state index in [0.29, 0.717) is 16.6 Å². The lowest BCUT2D eigenvalue weighted by Crippen LogP contribution is -2.27. The molecule has 1 heterocycles. The Labute approximate surface area is 133 Å². The van der Waals surface area contributed by atoms with Crippen molar-refractivity contribution < 1.29 is 22.7 Å². The molecule has 0 fully saturated rings. The normalized spacial score (nSPS) is 11.6. The average molecular weight is 376 g/mol. The van der Waals surface area contributed by atoms with Gasteiger partial charge >= 0.3 is 6.09 Å². The van der Waals surface area contributed by atoms with Crippen molar-refractivity contribution in [2.45, 2.75) is 26.4 Å². The first-order valence-corrected chi connectivity index (χ1v) is 7.14. The van der Waals surface area contributed by atoms with Gasteiger partial charge in [0.05, 0.1) is 5.69 Å². The van der Waals surface area contributed by atoms with Crippen LogP contribution in [0.4, 0.5) is 18.0 Å². The predicted octanol–water partition coefficient (Wildman–Crippen LogP) is 5.12. The van der Waals surface area contributed by atoms with Crippen LogP contribution >= 0.6 is 15.9 Å². The van der Waals surface area contributed by atoms with Crippen LogP contribution in [0.5, 0.6) is 0 Å². The standard InChI is InChI=1S/C15H13BrF3NO2/c1-15(2,3)22-14(21)20-7-8(16)4-13(20)9-5-11(18)12(19)6-10(9)17/h4-7H,1-3H3. The van der Waals surface area contributed by atoms with Crippen molar-refractivity contribution in [3.05, 3.63) is 46.3 Å². The summed E-state index contributed by atoms with van der Waals surface area (Å²) in [7, 11) is 0. The van der Waals surface area contributed by atoms with Crippen LogP contribution in [0.2, 0.25) is 0 Å². The number of nitrogens with zero attached hydrogens (tertiary/aromatic N) is 1. The van der Waals surface area contributed by atoms with E-state index in [1.807, 2.05) is 0 Å². The van der Waals surface area contributed by atoms with E-state index < -0.39 is 29.1 Å². The molecule has 2 aromatic rings. The minimum absolute atomic E-state index is 0.0533. The fourth-order valence-corrected chi connectivity index (χ4v) is 2.24. The first kappa shape index (κ1) is 16.6. The van der Waals surface area contributed by atoms with Crippen molar-refractivity contribution in [3.63, 3.8) is 0 Å². The molecule has 0 bridgehead atoms. The number of halogens is 4. The van der Waals surface area contributed by atoms with Gasteiger partial charge in [0, 0.05) is 22.3 Å². The molecule has 0 radical (unpaired) electrons. The smallest absolute Gasteiger partial charge is 0.419 e. The Morgan fingerprint density at radius 2 is 1.68 bits per heavy atom. The number of ether oxygens (including phenoxy) is 1. The van der Waals surface area contributed by atoms with Crippen LogP contribution < -0.4 is 0 Å². The van der Waals surface area contributed by atoms with Gasteiger partial charge in [-0.25, -0.2) is 18.0 Å². The number of carbonyl (C=O) groups is 1. The van der Waals surface area contributed by atoms with Gasteiger partial charge in [-0.2, -0.15) is 0 Å². The van der Waals surface area contributed by atoms with Gasteiger partial charge in [-0.05, 0) is 48.8 Å². The van der Waals surface area contributed by atoms with E-state index >= 15 is 0 Å². The highest BCUT2D eigenvalue weighted by Gasteiger charge is 2.23. The molecule has 3 nitrogen and oxygen atoms in total. The molecule has 0 saturated carbocycles. The van der Waals surface area contributed by atoms with Crippen LogP contribution in [0.1, 0.15) is 20.8 Å². The zero-order valence-electron chi connectivity index (χ0n) is 12.1. The topological polar surface area (TPSA) is 31.2 Å². The van der Waals surface area contributed by atoms with Crippen LogP contribution in [0.15, 0.2) is 28.9 Å². The summed E-state index contributed by atoms with van der Waals surface area (Å²) in [6.07, 6.45) is 0.613. The summed E-state index contributed by atoms with van der Waals surface area (Å²) in [5.74, 6) is -3.48. The van der Waals surface area contributed by atoms with Gasteiger partial charge in [-0.3, -0.25) is 4.57 Å². The van der Waals surface area contributed by atoms with Crippen molar-refractivity contribution >= 4 is 22.0 Å². The third kappa shape index (κ3) is 3.52. The van der Waals surface area contributed by atoms with E-state index in [4.69, 9.17) is 4.74 Å². The summed E-state index contributed by atoms with van der Waals surface area (Å²) < 4.78 is 47.0. The van der Waals surface area contributed by atoms with Gasteiger partial charge in [-0.15, -0.1) is 0 Å².